The molecule has 2 nitrogen and oxygen atoms in total. The van der Waals surface area contributed by atoms with Crippen LogP contribution in [0.15, 0.2) is 17.5 Å². The van der Waals surface area contributed by atoms with Crippen LogP contribution in [0.2, 0.25) is 0 Å². The Balaban J connectivity index is 2.26. The topological polar surface area (TPSA) is 32.3 Å². The van der Waals surface area contributed by atoms with E-state index < -0.39 is 0 Å². The van der Waals surface area contributed by atoms with Crippen molar-refractivity contribution in [3.8, 4) is 0 Å². The van der Waals surface area contributed by atoms with E-state index in [1.165, 1.54) is 0 Å². The summed E-state index contributed by atoms with van der Waals surface area (Å²) in [6, 6.07) is 3.95. The van der Waals surface area contributed by atoms with Crippen LogP contribution in [0.5, 0.6) is 0 Å². The van der Waals surface area contributed by atoms with Gasteiger partial charge in [0.2, 0.25) is 0 Å². The van der Waals surface area contributed by atoms with Crippen molar-refractivity contribution in [1.29, 1.82) is 0 Å². The third-order valence-electron chi connectivity index (χ3n) is 2.77. The van der Waals surface area contributed by atoms with Gasteiger partial charge in [-0.05, 0) is 23.3 Å². The molecule has 0 aromatic carbocycles. The molecule has 86 valence electrons. The molecule has 3 heteroatoms. The van der Waals surface area contributed by atoms with Gasteiger partial charge in [0.05, 0.1) is 0 Å². The maximum absolute atomic E-state index is 9.83. The Labute approximate surface area is 96.3 Å². The molecule has 1 atom stereocenters. The van der Waals surface area contributed by atoms with Crippen LogP contribution in [0.4, 0.5) is 0 Å². The average molecular weight is 227 g/mol. The highest BCUT2D eigenvalue weighted by Crippen LogP contribution is 2.20. The summed E-state index contributed by atoms with van der Waals surface area (Å²) in [5, 5.41) is 15.1. The minimum atomic E-state index is -0.363. The normalized spacial score (nSPS) is 14.1. The Morgan fingerprint density at radius 3 is 2.80 bits per heavy atom. The second-order valence-electron chi connectivity index (χ2n) is 4.68. The number of aliphatic hydroxyl groups excluding tert-OH is 1. The van der Waals surface area contributed by atoms with E-state index in [-0.39, 0.29) is 6.10 Å². The van der Waals surface area contributed by atoms with E-state index in [1.807, 2.05) is 17.5 Å². The minimum absolute atomic E-state index is 0.315. The fourth-order valence-corrected chi connectivity index (χ4v) is 1.97. The third kappa shape index (κ3) is 4.33. The highest BCUT2D eigenvalue weighted by molar-refractivity contribution is 7.10. The van der Waals surface area contributed by atoms with Crippen LogP contribution in [-0.4, -0.2) is 18.2 Å². The van der Waals surface area contributed by atoms with Gasteiger partial charge in [-0.1, -0.05) is 26.8 Å². The Hall–Kier alpha value is -0.380. The molecule has 15 heavy (non-hydrogen) atoms. The number of thiophene rings is 1. The molecule has 0 spiro atoms. The Morgan fingerprint density at radius 1 is 1.53 bits per heavy atom. The smallest absolute Gasteiger partial charge is 0.101 e. The van der Waals surface area contributed by atoms with Crippen molar-refractivity contribution < 1.29 is 5.11 Å². The van der Waals surface area contributed by atoms with Crippen molar-refractivity contribution in [2.45, 2.75) is 33.3 Å². The van der Waals surface area contributed by atoms with Gasteiger partial charge in [-0.2, -0.15) is 0 Å². The summed E-state index contributed by atoms with van der Waals surface area (Å²) >= 11 is 1.60. The second kappa shape index (κ2) is 5.64. The maximum atomic E-state index is 9.83. The van der Waals surface area contributed by atoms with E-state index >= 15 is 0 Å². The molecule has 1 aromatic heterocycles. The van der Waals surface area contributed by atoms with Gasteiger partial charge >= 0.3 is 0 Å². The van der Waals surface area contributed by atoms with Gasteiger partial charge in [-0.25, -0.2) is 0 Å². The molecule has 2 N–H and O–H groups in total. The molecular formula is C12H21NOS. The SMILES string of the molecule is CCC(C)(C)CNCC(O)c1cccs1. The maximum Gasteiger partial charge on any atom is 0.101 e. The number of hydrogen-bond donors (Lipinski definition) is 2. The lowest BCUT2D eigenvalue weighted by molar-refractivity contribution is 0.171. The zero-order chi connectivity index (χ0) is 11.3. The van der Waals surface area contributed by atoms with Gasteiger partial charge in [0.1, 0.15) is 6.10 Å². The third-order valence-corrected chi connectivity index (χ3v) is 3.74. The van der Waals surface area contributed by atoms with Crippen molar-refractivity contribution in [3.05, 3.63) is 22.4 Å². The van der Waals surface area contributed by atoms with Crippen LogP contribution in [0.3, 0.4) is 0 Å². The fourth-order valence-electron chi connectivity index (χ4n) is 1.25. The zero-order valence-electron chi connectivity index (χ0n) is 9.79. The number of rotatable bonds is 6. The molecule has 0 radical (unpaired) electrons. The van der Waals surface area contributed by atoms with E-state index in [9.17, 15) is 5.11 Å². The molecule has 1 heterocycles. The van der Waals surface area contributed by atoms with E-state index in [0.717, 1.165) is 17.8 Å². The van der Waals surface area contributed by atoms with Gasteiger partial charge in [0.15, 0.2) is 0 Å². The highest BCUT2D eigenvalue weighted by atomic mass is 32.1. The monoisotopic (exact) mass is 227 g/mol. The molecule has 0 amide bonds. The van der Waals surface area contributed by atoms with Gasteiger partial charge in [0.25, 0.3) is 0 Å². The van der Waals surface area contributed by atoms with Crippen LogP contribution in [0.25, 0.3) is 0 Å². The molecule has 0 fully saturated rings. The lowest BCUT2D eigenvalue weighted by Crippen LogP contribution is -2.31. The molecule has 0 aliphatic carbocycles. The summed E-state index contributed by atoms with van der Waals surface area (Å²) in [4.78, 5) is 1.04. The van der Waals surface area contributed by atoms with Crippen LogP contribution in [0, 0.1) is 5.41 Å². The highest BCUT2D eigenvalue weighted by Gasteiger charge is 2.15. The summed E-state index contributed by atoms with van der Waals surface area (Å²) in [7, 11) is 0. The van der Waals surface area contributed by atoms with Crippen molar-refractivity contribution in [1.82, 2.24) is 5.32 Å². The molecule has 1 rings (SSSR count). The molecule has 1 unspecified atom stereocenters. The average Bonchev–Trinajstić information content (AvgIpc) is 2.70. The largest absolute Gasteiger partial charge is 0.386 e. The van der Waals surface area contributed by atoms with E-state index in [0.29, 0.717) is 12.0 Å². The first kappa shape index (κ1) is 12.7. The molecule has 0 bridgehead atoms. The quantitative estimate of drug-likeness (QED) is 0.783. The summed E-state index contributed by atoms with van der Waals surface area (Å²) in [6.07, 6.45) is 0.785. The molecule has 1 aromatic rings. The molecular weight excluding hydrogens is 206 g/mol. The van der Waals surface area contributed by atoms with E-state index in [2.05, 4.69) is 26.1 Å². The van der Waals surface area contributed by atoms with Crippen molar-refractivity contribution in [3.63, 3.8) is 0 Å². The first-order valence-electron chi connectivity index (χ1n) is 5.47. The van der Waals surface area contributed by atoms with Gasteiger partial charge in [-0.3, -0.25) is 0 Å². The Morgan fingerprint density at radius 2 is 2.27 bits per heavy atom. The number of hydrogen-bond acceptors (Lipinski definition) is 3. The minimum Gasteiger partial charge on any atom is -0.386 e. The Kier molecular flexibility index (Phi) is 4.77. The first-order valence-corrected chi connectivity index (χ1v) is 6.35. The van der Waals surface area contributed by atoms with Gasteiger partial charge < -0.3 is 10.4 Å². The van der Waals surface area contributed by atoms with Crippen LogP contribution >= 0.6 is 11.3 Å². The van der Waals surface area contributed by atoms with E-state index in [4.69, 9.17) is 0 Å². The number of nitrogens with one attached hydrogen (secondary N) is 1. The van der Waals surface area contributed by atoms with Crippen LogP contribution in [0.1, 0.15) is 38.2 Å². The Bertz CT molecular complexity index is 269. The summed E-state index contributed by atoms with van der Waals surface area (Å²) in [6.45, 7) is 8.25. The lowest BCUT2D eigenvalue weighted by atomic mass is 9.90. The molecule has 0 saturated heterocycles. The molecule has 0 saturated carbocycles. The van der Waals surface area contributed by atoms with Gasteiger partial charge in [-0.15, -0.1) is 11.3 Å². The standard InChI is InChI=1S/C12H21NOS/c1-4-12(2,3)9-13-8-10(14)11-6-5-7-15-11/h5-7,10,13-14H,4,8-9H2,1-3H3. The van der Waals surface area contributed by atoms with Crippen molar-refractivity contribution in [2.75, 3.05) is 13.1 Å². The molecule has 0 aliphatic heterocycles. The number of aliphatic hydroxyl groups is 1. The summed E-state index contributed by atoms with van der Waals surface area (Å²) in [5.41, 5.74) is 0.315. The fraction of sp³-hybridized carbons (Fsp3) is 0.667. The zero-order valence-corrected chi connectivity index (χ0v) is 10.6. The second-order valence-corrected chi connectivity index (χ2v) is 5.66. The first-order chi connectivity index (χ1) is 7.05. The predicted octanol–water partition coefficient (Wildman–Crippen LogP) is 2.81. The predicted molar refractivity (Wildman–Crippen MR) is 66.2 cm³/mol. The van der Waals surface area contributed by atoms with Crippen LogP contribution in [-0.2, 0) is 0 Å². The van der Waals surface area contributed by atoms with Gasteiger partial charge in [0, 0.05) is 18.0 Å². The van der Waals surface area contributed by atoms with Crippen LogP contribution < -0.4 is 5.32 Å². The molecule has 0 aliphatic rings. The van der Waals surface area contributed by atoms with Crippen molar-refractivity contribution in [2.24, 2.45) is 5.41 Å². The lowest BCUT2D eigenvalue weighted by Gasteiger charge is -2.23. The van der Waals surface area contributed by atoms with Crippen molar-refractivity contribution >= 4 is 11.3 Å². The summed E-state index contributed by atoms with van der Waals surface area (Å²) in [5.74, 6) is 0. The van der Waals surface area contributed by atoms with E-state index in [1.54, 1.807) is 11.3 Å². The summed E-state index contributed by atoms with van der Waals surface area (Å²) < 4.78 is 0.